The molecule has 6 heteroatoms. The Morgan fingerprint density at radius 2 is 1.38 bits per heavy atom. The second-order valence-electron chi connectivity index (χ2n) is 14.9. The van der Waals surface area contributed by atoms with Gasteiger partial charge in [-0.3, -0.25) is 0 Å². The van der Waals surface area contributed by atoms with Crippen LogP contribution in [0.2, 0.25) is 0 Å². The second-order valence-corrected chi connectivity index (χ2v) is 14.9. The molecule has 0 fully saturated rings. The standard InChI is InChI=1S/C47H34N4O2/c1-27-20-21-32-37(26-27)51(47-48-42(28-12-4-2-5-13-28)46-43(49-47)33-17-9-11-19-39(33)53-46)35-25-23-34-41-36(50(44(34)40(32)35)29-14-6-3-7-15-29)24-22-31-30-16-8-10-18-38(30)52-45(31)41/h2-22,24,27,32,37H,23,25-26H2,1H3/t27-,32?,37?/m1/s1. The molecule has 5 heterocycles. The van der Waals surface area contributed by atoms with Crippen LogP contribution < -0.4 is 4.90 Å². The summed E-state index contributed by atoms with van der Waals surface area (Å²) in [6.07, 6.45) is 7.67. The summed E-state index contributed by atoms with van der Waals surface area (Å²) in [7, 11) is 0. The highest BCUT2D eigenvalue weighted by molar-refractivity contribution is 6.17. The zero-order valence-electron chi connectivity index (χ0n) is 29.2. The van der Waals surface area contributed by atoms with Crippen molar-refractivity contribution in [1.29, 1.82) is 0 Å². The number of nitrogens with zero attached hydrogens (tertiary/aromatic N) is 4. The summed E-state index contributed by atoms with van der Waals surface area (Å²) in [6, 6.07) is 42.6. The first kappa shape index (κ1) is 29.2. The van der Waals surface area contributed by atoms with Gasteiger partial charge in [0.2, 0.25) is 5.95 Å². The molecule has 0 N–H and O–H groups in total. The fourth-order valence-electron chi connectivity index (χ4n) is 9.66. The minimum atomic E-state index is 0.179. The molecule has 3 atom stereocenters. The lowest BCUT2D eigenvalue weighted by Gasteiger charge is -2.33. The summed E-state index contributed by atoms with van der Waals surface area (Å²) in [6.45, 7) is 2.33. The topological polar surface area (TPSA) is 60.2 Å². The molecule has 254 valence electrons. The number of furan rings is 2. The number of aryl methyl sites for hydroxylation is 1. The van der Waals surface area contributed by atoms with Crippen molar-refractivity contribution in [3.63, 3.8) is 0 Å². The fourth-order valence-corrected chi connectivity index (χ4v) is 9.66. The van der Waals surface area contributed by atoms with Crippen LogP contribution in [0.3, 0.4) is 0 Å². The van der Waals surface area contributed by atoms with Gasteiger partial charge in [0.15, 0.2) is 5.58 Å². The number of hydrogen-bond acceptors (Lipinski definition) is 5. The molecule has 2 unspecified atom stereocenters. The monoisotopic (exact) mass is 686 g/mol. The maximum absolute atomic E-state index is 6.74. The molecule has 3 aliphatic rings. The van der Waals surface area contributed by atoms with Crippen LogP contribution in [0.4, 0.5) is 5.95 Å². The van der Waals surface area contributed by atoms with E-state index >= 15 is 0 Å². The summed E-state index contributed by atoms with van der Waals surface area (Å²) in [4.78, 5) is 13.4. The molecule has 0 bridgehead atoms. The molecule has 53 heavy (non-hydrogen) atoms. The number of hydrogen-bond donors (Lipinski definition) is 0. The van der Waals surface area contributed by atoms with Crippen LogP contribution in [0.1, 0.15) is 31.0 Å². The third kappa shape index (κ3) is 4.03. The highest BCUT2D eigenvalue weighted by atomic mass is 16.3. The third-order valence-corrected chi connectivity index (χ3v) is 11.9. The molecule has 0 amide bonds. The Bertz CT molecular complexity index is 3020. The van der Waals surface area contributed by atoms with Crippen LogP contribution in [0, 0.1) is 11.8 Å². The lowest BCUT2D eigenvalue weighted by molar-refractivity contribution is 0.460. The lowest BCUT2D eigenvalue weighted by Crippen LogP contribution is -2.37. The van der Waals surface area contributed by atoms with Crippen LogP contribution in [0.5, 0.6) is 0 Å². The van der Waals surface area contributed by atoms with Gasteiger partial charge in [0, 0.05) is 56.0 Å². The SMILES string of the molecule is C[C@@H]1C=CC2C3=C(CCc4c3n(-c3ccccc3)c3ccc5c6ccccc6oc5c43)N(c3nc(-c4ccccc4)c4oc5ccccc5c4n3)C2C1. The van der Waals surface area contributed by atoms with E-state index in [-0.39, 0.29) is 12.0 Å². The lowest BCUT2D eigenvalue weighted by atomic mass is 9.79. The zero-order chi connectivity index (χ0) is 34.8. The van der Waals surface area contributed by atoms with E-state index in [1.54, 1.807) is 0 Å². The summed E-state index contributed by atoms with van der Waals surface area (Å²) in [5.74, 6) is 1.36. The summed E-state index contributed by atoms with van der Waals surface area (Å²) < 4.78 is 15.8. The number of anilines is 1. The first-order valence-electron chi connectivity index (χ1n) is 18.7. The predicted molar refractivity (Wildman–Crippen MR) is 213 cm³/mol. The molecule has 0 radical (unpaired) electrons. The van der Waals surface area contributed by atoms with Gasteiger partial charge in [0.25, 0.3) is 0 Å². The molecule has 1 aliphatic heterocycles. The van der Waals surface area contributed by atoms with E-state index in [0.29, 0.717) is 5.92 Å². The number of rotatable bonds is 3. The number of fused-ring (bicyclic) bond motifs is 13. The van der Waals surface area contributed by atoms with E-state index in [1.165, 1.54) is 38.8 Å². The molecule has 9 aromatic rings. The molecule has 4 aromatic heterocycles. The van der Waals surface area contributed by atoms with Crippen LogP contribution in [-0.2, 0) is 6.42 Å². The Morgan fingerprint density at radius 1 is 0.660 bits per heavy atom. The van der Waals surface area contributed by atoms with E-state index in [9.17, 15) is 0 Å². The van der Waals surface area contributed by atoms with E-state index in [2.05, 4.69) is 132 Å². The van der Waals surface area contributed by atoms with Gasteiger partial charge in [-0.05, 0) is 73.2 Å². The van der Waals surface area contributed by atoms with Crippen molar-refractivity contribution >= 4 is 66.4 Å². The minimum absolute atomic E-state index is 0.179. The maximum Gasteiger partial charge on any atom is 0.231 e. The van der Waals surface area contributed by atoms with Crippen molar-refractivity contribution in [3.8, 4) is 16.9 Å². The quantitative estimate of drug-likeness (QED) is 0.173. The Kier molecular flexibility index (Phi) is 5.96. The largest absolute Gasteiger partial charge is 0.455 e. The van der Waals surface area contributed by atoms with E-state index in [1.807, 2.05) is 18.2 Å². The molecule has 2 aliphatic carbocycles. The first-order valence-corrected chi connectivity index (χ1v) is 18.7. The number of benzene rings is 5. The summed E-state index contributed by atoms with van der Waals surface area (Å²) in [5.41, 5.74) is 13.8. The van der Waals surface area contributed by atoms with Gasteiger partial charge >= 0.3 is 0 Å². The number of allylic oxidation sites excluding steroid dienone is 2. The van der Waals surface area contributed by atoms with Crippen molar-refractivity contribution in [2.75, 3.05) is 4.90 Å². The van der Waals surface area contributed by atoms with Crippen LogP contribution in [-0.4, -0.2) is 20.6 Å². The molecular formula is C47H34N4O2. The average Bonchev–Trinajstić information content (AvgIpc) is 3.95. The van der Waals surface area contributed by atoms with E-state index in [0.717, 1.165) is 80.8 Å². The van der Waals surface area contributed by atoms with E-state index < -0.39 is 0 Å². The Morgan fingerprint density at radius 3 is 2.21 bits per heavy atom. The van der Waals surface area contributed by atoms with Crippen LogP contribution >= 0.6 is 0 Å². The van der Waals surface area contributed by atoms with Gasteiger partial charge < -0.3 is 18.3 Å². The van der Waals surface area contributed by atoms with Crippen molar-refractivity contribution in [2.24, 2.45) is 11.8 Å². The molecule has 5 aromatic carbocycles. The van der Waals surface area contributed by atoms with Gasteiger partial charge in [0.1, 0.15) is 28.0 Å². The number of aromatic nitrogens is 3. The van der Waals surface area contributed by atoms with E-state index in [4.69, 9.17) is 18.8 Å². The second kappa shape index (κ2) is 10.8. The van der Waals surface area contributed by atoms with Crippen molar-refractivity contribution in [1.82, 2.24) is 14.5 Å². The van der Waals surface area contributed by atoms with Gasteiger partial charge in [-0.2, -0.15) is 0 Å². The van der Waals surface area contributed by atoms with Crippen molar-refractivity contribution in [3.05, 3.63) is 150 Å². The molecule has 6 nitrogen and oxygen atoms in total. The van der Waals surface area contributed by atoms with Gasteiger partial charge in [-0.15, -0.1) is 0 Å². The van der Waals surface area contributed by atoms with Crippen molar-refractivity contribution in [2.45, 2.75) is 32.2 Å². The normalized spacial score (nSPS) is 19.6. The molecule has 12 rings (SSSR count). The predicted octanol–water partition coefficient (Wildman–Crippen LogP) is 11.6. The smallest absolute Gasteiger partial charge is 0.231 e. The Hall–Kier alpha value is -6.40. The first-order chi connectivity index (χ1) is 26.2. The van der Waals surface area contributed by atoms with Crippen LogP contribution in [0.25, 0.3) is 77.4 Å². The fraction of sp³-hybridized carbons (Fsp3) is 0.149. The summed E-state index contributed by atoms with van der Waals surface area (Å²) >= 11 is 0. The van der Waals surface area contributed by atoms with Gasteiger partial charge in [-0.1, -0.05) is 97.9 Å². The van der Waals surface area contributed by atoms with Crippen molar-refractivity contribution < 1.29 is 8.83 Å². The third-order valence-electron chi connectivity index (χ3n) is 11.9. The molecular weight excluding hydrogens is 653 g/mol. The highest BCUT2D eigenvalue weighted by Gasteiger charge is 2.47. The van der Waals surface area contributed by atoms with Crippen LogP contribution in [0.15, 0.2) is 148 Å². The van der Waals surface area contributed by atoms with Gasteiger partial charge in [-0.25, -0.2) is 9.97 Å². The minimum Gasteiger partial charge on any atom is -0.455 e. The van der Waals surface area contributed by atoms with Gasteiger partial charge in [0.05, 0.1) is 11.2 Å². The molecule has 0 saturated heterocycles. The summed E-state index contributed by atoms with van der Waals surface area (Å²) in [5, 5.41) is 4.56. The number of para-hydroxylation sites is 3. The zero-order valence-corrected chi connectivity index (χ0v) is 29.2. The highest BCUT2D eigenvalue weighted by Crippen LogP contribution is 2.54. The molecule has 0 saturated carbocycles. The average molecular weight is 687 g/mol. The molecule has 0 spiro atoms. The maximum atomic E-state index is 6.74. The Balaban J connectivity index is 1.17. The Labute approximate surface area is 305 Å².